The van der Waals surface area contributed by atoms with Crippen molar-refractivity contribution < 1.29 is 9.53 Å². The van der Waals surface area contributed by atoms with Crippen LogP contribution in [0.25, 0.3) is 10.8 Å². The maximum Gasteiger partial charge on any atom is 0.246 e. The molecule has 1 heterocycles. The molecule has 2 aromatic rings. The lowest BCUT2D eigenvalue weighted by Gasteiger charge is -2.21. The first kappa shape index (κ1) is 12.1. The summed E-state index contributed by atoms with van der Waals surface area (Å²) in [5.41, 5.74) is 5.94. The number of amides is 1. The van der Waals surface area contributed by atoms with Gasteiger partial charge < -0.3 is 15.8 Å². The number of ether oxygens (including phenoxy) is 1. The summed E-state index contributed by atoms with van der Waals surface area (Å²) in [6.07, 6.45) is 0.559. The molecule has 1 unspecified atom stereocenters. The summed E-state index contributed by atoms with van der Waals surface area (Å²) in [5, 5.41) is 5.03. The van der Waals surface area contributed by atoms with E-state index in [9.17, 15) is 4.79 Å². The molecule has 1 atom stereocenters. The fourth-order valence-corrected chi connectivity index (χ4v) is 2.34. The number of carbonyl (C=O) groups is 1. The molecular formula is C15H16N2O2. The van der Waals surface area contributed by atoms with Crippen molar-refractivity contribution >= 4 is 22.4 Å². The van der Waals surface area contributed by atoms with E-state index < -0.39 is 5.54 Å². The highest BCUT2D eigenvalue weighted by Gasteiger charge is 2.38. The third-order valence-corrected chi connectivity index (χ3v) is 3.54. The van der Waals surface area contributed by atoms with E-state index in [0.29, 0.717) is 13.0 Å². The zero-order valence-electron chi connectivity index (χ0n) is 10.6. The summed E-state index contributed by atoms with van der Waals surface area (Å²) < 4.78 is 5.22. The Morgan fingerprint density at radius 1 is 1.21 bits per heavy atom. The number of hydrogen-bond acceptors (Lipinski definition) is 3. The van der Waals surface area contributed by atoms with Crippen LogP contribution in [0, 0.1) is 0 Å². The molecule has 3 N–H and O–H groups in total. The molecule has 1 amide bonds. The van der Waals surface area contributed by atoms with Crippen molar-refractivity contribution in [2.24, 2.45) is 5.73 Å². The van der Waals surface area contributed by atoms with Gasteiger partial charge in [0.15, 0.2) is 0 Å². The fourth-order valence-electron chi connectivity index (χ4n) is 2.34. The van der Waals surface area contributed by atoms with E-state index in [1.165, 1.54) is 0 Å². The lowest BCUT2D eigenvalue weighted by atomic mass is 9.99. The first-order valence-corrected chi connectivity index (χ1v) is 6.35. The van der Waals surface area contributed by atoms with E-state index in [4.69, 9.17) is 10.5 Å². The summed E-state index contributed by atoms with van der Waals surface area (Å²) in [6.45, 7) is 0.822. The third-order valence-electron chi connectivity index (χ3n) is 3.54. The molecule has 0 spiro atoms. The van der Waals surface area contributed by atoms with Gasteiger partial charge >= 0.3 is 0 Å². The van der Waals surface area contributed by atoms with Gasteiger partial charge in [-0.1, -0.05) is 36.4 Å². The fraction of sp³-hybridized carbons (Fsp3) is 0.267. The molecule has 4 heteroatoms. The number of nitrogens with two attached hydrogens (primary N) is 1. The van der Waals surface area contributed by atoms with Crippen molar-refractivity contribution in [1.29, 1.82) is 0 Å². The quantitative estimate of drug-likeness (QED) is 0.862. The number of fused-ring (bicyclic) bond motifs is 1. The number of rotatable bonds is 2. The maximum atomic E-state index is 12.3. The van der Waals surface area contributed by atoms with Crippen LogP contribution in [0.4, 0.5) is 5.69 Å². The van der Waals surface area contributed by atoms with Crippen LogP contribution >= 0.6 is 0 Å². The lowest BCUT2D eigenvalue weighted by molar-refractivity contribution is -0.121. The molecule has 3 rings (SSSR count). The van der Waals surface area contributed by atoms with Gasteiger partial charge in [-0.25, -0.2) is 0 Å². The van der Waals surface area contributed by atoms with Crippen LogP contribution in [-0.2, 0) is 9.53 Å². The first-order valence-electron chi connectivity index (χ1n) is 6.35. The second-order valence-electron chi connectivity index (χ2n) is 4.94. The minimum absolute atomic E-state index is 0.179. The van der Waals surface area contributed by atoms with Crippen molar-refractivity contribution in [2.75, 3.05) is 18.5 Å². The summed E-state index contributed by atoms with van der Waals surface area (Å²) in [5.74, 6) is -0.179. The van der Waals surface area contributed by atoms with Crippen LogP contribution in [0.2, 0.25) is 0 Å². The summed E-state index contributed by atoms with van der Waals surface area (Å²) in [4.78, 5) is 12.3. The van der Waals surface area contributed by atoms with Crippen LogP contribution < -0.4 is 11.1 Å². The second kappa shape index (κ2) is 4.64. The van der Waals surface area contributed by atoms with E-state index >= 15 is 0 Å². The van der Waals surface area contributed by atoms with Crippen LogP contribution in [0.5, 0.6) is 0 Å². The SMILES string of the molecule is NC1(C(=O)Nc2cccc3ccccc23)CCOC1. The average molecular weight is 256 g/mol. The lowest BCUT2D eigenvalue weighted by Crippen LogP contribution is -2.51. The zero-order valence-corrected chi connectivity index (χ0v) is 10.6. The van der Waals surface area contributed by atoms with Gasteiger partial charge in [-0.3, -0.25) is 4.79 Å². The molecule has 0 bridgehead atoms. The molecule has 4 nitrogen and oxygen atoms in total. The Hall–Kier alpha value is -1.91. The average Bonchev–Trinajstić information content (AvgIpc) is 2.87. The van der Waals surface area contributed by atoms with Gasteiger partial charge in [0.25, 0.3) is 0 Å². The number of carbonyl (C=O) groups excluding carboxylic acids is 1. The smallest absolute Gasteiger partial charge is 0.246 e. The minimum atomic E-state index is -0.906. The van der Waals surface area contributed by atoms with Crippen molar-refractivity contribution in [3.8, 4) is 0 Å². The summed E-state index contributed by atoms with van der Waals surface area (Å²) >= 11 is 0. The molecule has 0 radical (unpaired) electrons. The highest BCUT2D eigenvalue weighted by Crippen LogP contribution is 2.25. The molecule has 19 heavy (non-hydrogen) atoms. The Balaban J connectivity index is 1.91. The van der Waals surface area contributed by atoms with E-state index in [1.54, 1.807) is 0 Å². The van der Waals surface area contributed by atoms with E-state index in [-0.39, 0.29) is 12.5 Å². The van der Waals surface area contributed by atoms with Crippen LogP contribution in [0.15, 0.2) is 42.5 Å². The van der Waals surface area contributed by atoms with Crippen LogP contribution in [0.1, 0.15) is 6.42 Å². The monoisotopic (exact) mass is 256 g/mol. The highest BCUT2D eigenvalue weighted by molar-refractivity contribution is 6.05. The van der Waals surface area contributed by atoms with Crippen LogP contribution in [-0.4, -0.2) is 24.7 Å². The summed E-state index contributed by atoms with van der Waals surface area (Å²) in [7, 11) is 0. The van der Waals surface area contributed by atoms with Crippen molar-refractivity contribution in [2.45, 2.75) is 12.0 Å². The van der Waals surface area contributed by atoms with Gasteiger partial charge in [0.2, 0.25) is 5.91 Å². The predicted molar refractivity (Wildman–Crippen MR) is 74.9 cm³/mol. The first-order chi connectivity index (χ1) is 9.19. The molecule has 1 aliphatic rings. The normalized spacial score (nSPS) is 22.6. The predicted octanol–water partition coefficient (Wildman–Crippen LogP) is 1.90. The molecular weight excluding hydrogens is 240 g/mol. The topological polar surface area (TPSA) is 64.4 Å². The molecule has 0 aromatic heterocycles. The Morgan fingerprint density at radius 2 is 2.00 bits per heavy atom. The Labute approximate surface area is 111 Å². The molecule has 0 saturated carbocycles. The van der Waals surface area contributed by atoms with E-state index in [0.717, 1.165) is 16.5 Å². The Kier molecular flexibility index (Phi) is 2.97. The molecule has 1 aliphatic heterocycles. The van der Waals surface area contributed by atoms with Gasteiger partial charge in [-0.2, -0.15) is 0 Å². The minimum Gasteiger partial charge on any atom is -0.379 e. The highest BCUT2D eigenvalue weighted by atomic mass is 16.5. The van der Waals surface area contributed by atoms with Gasteiger partial charge in [0, 0.05) is 17.7 Å². The molecule has 98 valence electrons. The van der Waals surface area contributed by atoms with Crippen molar-refractivity contribution in [3.63, 3.8) is 0 Å². The largest absolute Gasteiger partial charge is 0.379 e. The van der Waals surface area contributed by atoms with Gasteiger partial charge in [0.1, 0.15) is 5.54 Å². The molecule has 2 aromatic carbocycles. The number of nitrogens with one attached hydrogen (secondary N) is 1. The molecule has 1 saturated heterocycles. The van der Waals surface area contributed by atoms with Crippen molar-refractivity contribution in [3.05, 3.63) is 42.5 Å². The van der Waals surface area contributed by atoms with Crippen LogP contribution in [0.3, 0.4) is 0 Å². The Bertz CT molecular complexity index is 613. The number of anilines is 1. The van der Waals surface area contributed by atoms with Gasteiger partial charge in [0.05, 0.1) is 6.61 Å². The zero-order chi connectivity index (χ0) is 13.3. The van der Waals surface area contributed by atoms with E-state index in [2.05, 4.69) is 5.32 Å². The van der Waals surface area contributed by atoms with E-state index in [1.807, 2.05) is 42.5 Å². The van der Waals surface area contributed by atoms with Crippen molar-refractivity contribution in [1.82, 2.24) is 0 Å². The van der Waals surface area contributed by atoms with Gasteiger partial charge in [-0.15, -0.1) is 0 Å². The molecule has 0 aliphatic carbocycles. The number of benzene rings is 2. The molecule has 1 fully saturated rings. The Morgan fingerprint density at radius 3 is 2.79 bits per heavy atom. The summed E-state index contributed by atoms with van der Waals surface area (Å²) in [6, 6.07) is 13.8. The standard InChI is InChI=1S/C15H16N2O2/c16-15(8-9-19-10-15)14(18)17-13-7-3-5-11-4-1-2-6-12(11)13/h1-7H,8-10,16H2,(H,17,18). The number of hydrogen-bond donors (Lipinski definition) is 2. The van der Waals surface area contributed by atoms with Gasteiger partial charge in [-0.05, 0) is 17.9 Å². The second-order valence-corrected chi connectivity index (χ2v) is 4.94. The maximum absolute atomic E-state index is 12.3. The third kappa shape index (κ3) is 2.20.